The van der Waals surface area contributed by atoms with Crippen LogP contribution in [0.2, 0.25) is 0 Å². The number of phosphoric acid groups is 1. The van der Waals surface area contributed by atoms with Gasteiger partial charge in [-0.3, -0.25) is 14.6 Å². The van der Waals surface area contributed by atoms with E-state index in [1.165, 1.54) is 13.0 Å². The quantitative estimate of drug-likeness (QED) is 0.183. The Bertz CT molecular complexity index is 1080. The van der Waals surface area contributed by atoms with Crippen LogP contribution in [0.3, 0.4) is 0 Å². The lowest BCUT2D eigenvalue weighted by Crippen LogP contribution is -2.51. The molecule has 0 saturated heterocycles. The third-order valence-electron chi connectivity index (χ3n) is 4.51. The number of phenolic OH excluding ortho intramolecular Hbond substituents is 1. The fourth-order valence-corrected chi connectivity index (χ4v) is 3.28. The molecular weight excluding hydrogens is 497 g/mol. The zero-order chi connectivity index (χ0) is 26.0. The third-order valence-corrected chi connectivity index (χ3v) is 4.94. The van der Waals surface area contributed by atoms with Crippen molar-refractivity contribution in [1.82, 2.24) is 16.8 Å². The Kier molecular flexibility index (Phi) is 11.9. The van der Waals surface area contributed by atoms with Crippen molar-refractivity contribution in [3.05, 3.63) is 59.7 Å². The predicted molar refractivity (Wildman–Crippen MR) is 127 cm³/mol. The molecule has 2 amide bonds. The maximum atomic E-state index is 12.6. The Morgan fingerprint density at radius 1 is 1.00 bits per heavy atom. The highest BCUT2D eigenvalue weighted by Gasteiger charge is 2.27. The topological polar surface area (TPSA) is 216 Å². The first-order valence-electron chi connectivity index (χ1n) is 10.5. The summed E-state index contributed by atoms with van der Waals surface area (Å²) in [6.07, 6.45) is -0.950. The van der Waals surface area contributed by atoms with Gasteiger partial charge in [-0.25, -0.2) is 14.2 Å². The number of hydrogen-bond acceptors (Lipinski definition) is 9. The third kappa shape index (κ3) is 10.3. The van der Waals surface area contributed by atoms with E-state index >= 15 is 0 Å². The maximum Gasteiger partial charge on any atom is 0.524 e. The summed E-state index contributed by atoms with van der Waals surface area (Å²) < 4.78 is 25.4. The van der Waals surface area contributed by atoms with Crippen molar-refractivity contribution in [2.45, 2.75) is 39.0 Å². The number of phosphoric ester groups is 1. The van der Waals surface area contributed by atoms with Gasteiger partial charge < -0.3 is 35.9 Å². The maximum absolute atomic E-state index is 12.6. The molecule has 8 N–H and O–H groups in total. The largest absolute Gasteiger partial charge is 0.524 e. The van der Waals surface area contributed by atoms with Gasteiger partial charge in [0.25, 0.3) is 0 Å². The number of hydrogen-bond donors (Lipinski definition) is 6. The average Bonchev–Trinajstić information content (AvgIpc) is 2.79. The number of ether oxygens (including phenoxy) is 2. The second kappa shape index (κ2) is 14.0. The number of carbonyl (C=O) groups excluding carboxylic acids is 3. The number of aromatic hydroxyl groups is 1. The molecule has 0 saturated carbocycles. The minimum Gasteiger partial charge on any atom is -0.504 e. The van der Waals surface area contributed by atoms with Gasteiger partial charge >= 0.3 is 19.9 Å². The van der Waals surface area contributed by atoms with Crippen molar-refractivity contribution < 1.29 is 47.8 Å². The van der Waals surface area contributed by atoms with Gasteiger partial charge in [-0.2, -0.15) is 0 Å². The molecule has 0 unspecified atom stereocenters. The first kappa shape index (κ1) is 30.4. The molecule has 0 radical (unpaired) electrons. The van der Waals surface area contributed by atoms with Crippen LogP contribution in [0, 0.1) is 0 Å². The molecule has 0 aliphatic rings. The molecule has 0 aliphatic heterocycles. The van der Waals surface area contributed by atoms with Crippen LogP contribution < -0.4 is 21.3 Å². The zero-order valence-corrected chi connectivity index (χ0v) is 20.6. The Morgan fingerprint density at radius 2 is 1.67 bits per heavy atom. The van der Waals surface area contributed by atoms with E-state index in [9.17, 15) is 24.1 Å². The van der Waals surface area contributed by atoms with Gasteiger partial charge in [0, 0.05) is 6.42 Å². The van der Waals surface area contributed by atoms with E-state index in [1.807, 2.05) is 6.07 Å². The number of carbonyl (C=O) groups is 3. The van der Waals surface area contributed by atoms with Crippen molar-refractivity contribution in [1.29, 1.82) is 0 Å². The van der Waals surface area contributed by atoms with Gasteiger partial charge in [-0.15, -0.1) is 0 Å². The molecule has 36 heavy (non-hydrogen) atoms. The van der Waals surface area contributed by atoms with Crippen molar-refractivity contribution >= 4 is 25.8 Å². The number of esters is 1. The van der Waals surface area contributed by atoms with Crippen LogP contribution in [-0.2, 0) is 36.7 Å². The van der Waals surface area contributed by atoms with Gasteiger partial charge in [0.1, 0.15) is 18.7 Å². The van der Waals surface area contributed by atoms with Crippen LogP contribution >= 0.6 is 7.82 Å². The number of benzene rings is 2. The van der Waals surface area contributed by atoms with Gasteiger partial charge in [-0.1, -0.05) is 36.4 Å². The van der Waals surface area contributed by atoms with Crippen molar-refractivity contribution in [3.8, 4) is 11.5 Å². The molecule has 2 atom stereocenters. The summed E-state index contributed by atoms with van der Waals surface area (Å²) in [6.45, 7) is 3.05. The Labute approximate surface area is 207 Å². The molecule has 0 heterocycles. The molecule has 2 aromatic rings. The normalized spacial score (nSPS) is 12.3. The average molecular weight is 527 g/mol. The van der Waals surface area contributed by atoms with Crippen LogP contribution in [-0.4, -0.2) is 51.6 Å². The lowest BCUT2D eigenvalue weighted by molar-refractivity contribution is -0.147. The van der Waals surface area contributed by atoms with Crippen molar-refractivity contribution in [2.75, 3.05) is 6.61 Å². The first-order chi connectivity index (χ1) is 16.5. The molecule has 2 aromatic carbocycles. The summed E-state index contributed by atoms with van der Waals surface area (Å²) in [5.41, 5.74) is 1.10. The highest BCUT2D eigenvalue weighted by Crippen LogP contribution is 2.41. The van der Waals surface area contributed by atoms with Gasteiger partial charge in [0.2, 0.25) is 5.91 Å². The minimum atomic E-state index is -4.88. The molecule has 0 bridgehead atoms. The number of amides is 2. The van der Waals surface area contributed by atoms with Crippen LogP contribution in [0.15, 0.2) is 48.5 Å². The van der Waals surface area contributed by atoms with Gasteiger partial charge in [-0.05, 0) is 37.1 Å². The minimum absolute atomic E-state index is 0. The van der Waals surface area contributed by atoms with E-state index in [-0.39, 0.29) is 25.8 Å². The molecule has 0 fully saturated rings. The molecule has 0 spiro atoms. The van der Waals surface area contributed by atoms with Crippen LogP contribution in [0.4, 0.5) is 4.79 Å². The summed E-state index contributed by atoms with van der Waals surface area (Å²) in [7, 11) is -4.88. The predicted octanol–water partition coefficient (Wildman–Crippen LogP) is 1.93. The molecule has 14 heteroatoms. The zero-order valence-electron chi connectivity index (χ0n) is 19.7. The highest BCUT2D eigenvalue weighted by molar-refractivity contribution is 7.46. The Morgan fingerprint density at radius 3 is 2.25 bits per heavy atom. The summed E-state index contributed by atoms with van der Waals surface area (Å²) in [6, 6.07) is 10.3. The number of nitrogens with one attached hydrogen (secondary N) is 2. The lowest BCUT2D eigenvalue weighted by atomic mass is 10.0. The molecule has 2 rings (SSSR count). The fourth-order valence-electron chi connectivity index (χ4n) is 2.87. The molecule has 0 aliphatic carbocycles. The molecule has 0 aromatic heterocycles. The van der Waals surface area contributed by atoms with Crippen molar-refractivity contribution in [2.24, 2.45) is 0 Å². The highest BCUT2D eigenvalue weighted by atomic mass is 31.2. The smallest absolute Gasteiger partial charge is 0.504 e. The van der Waals surface area contributed by atoms with E-state index < -0.39 is 49.4 Å². The number of phenols is 1. The fraction of sp³-hybridized carbons (Fsp3) is 0.318. The van der Waals surface area contributed by atoms with Gasteiger partial charge in [0.15, 0.2) is 11.5 Å². The molecule has 13 nitrogen and oxygen atoms in total. The van der Waals surface area contributed by atoms with Crippen LogP contribution in [0.5, 0.6) is 11.5 Å². The lowest BCUT2D eigenvalue weighted by Gasteiger charge is -2.21. The van der Waals surface area contributed by atoms with E-state index in [0.717, 1.165) is 17.7 Å². The second-order valence-corrected chi connectivity index (χ2v) is 8.49. The van der Waals surface area contributed by atoms with E-state index in [4.69, 9.17) is 19.3 Å². The SMILES string of the molecule is CCOC(=O)[C@H](Cc1ccc(OP(=O)(O)O)c(O)c1)NC(=O)[C@H](C)NC(=O)OCc1ccccc1.N. The monoisotopic (exact) mass is 527 g/mol. The first-order valence-corrected chi connectivity index (χ1v) is 12.0. The second-order valence-electron chi connectivity index (χ2n) is 7.33. The Hall–Kier alpha value is -3.64. The summed E-state index contributed by atoms with van der Waals surface area (Å²) in [5.74, 6) is -2.47. The molecule has 198 valence electrons. The van der Waals surface area contributed by atoms with E-state index in [2.05, 4.69) is 15.2 Å². The van der Waals surface area contributed by atoms with E-state index in [0.29, 0.717) is 5.56 Å². The summed E-state index contributed by atoms with van der Waals surface area (Å²) in [4.78, 5) is 54.8. The van der Waals surface area contributed by atoms with E-state index in [1.54, 1.807) is 31.2 Å². The number of rotatable bonds is 11. The molecular formula is C22H30N3O10P. The summed E-state index contributed by atoms with van der Waals surface area (Å²) in [5, 5.41) is 14.8. The Balaban J connectivity index is 0.00000648. The number of alkyl carbamates (subject to hydrolysis) is 1. The van der Waals surface area contributed by atoms with Gasteiger partial charge in [0.05, 0.1) is 6.61 Å². The van der Waals surface area contributed by atoms with Crippen molar-refractivity contribution in [3.63, 3.8) is 0 Å². The van der Waals surface area contributed by atoms with Crippen LogP contribution in [0.25, 0.3) is 0 Å². The summed E-state index contributed by atoms with van der Waals surface area (Å²) >= 11 is 0. The standard InChI is InChI=1S/C22H27N2O10P.H3N/c1-3-32-21(27)17(11-16-9-10-19(18(25)12-16)34-35(29,30)31)24-20(26)14(2)23-22(28)33-13-15-7-5-4-6-8-15;/h4-10,12,14,17,25H,3,11,13H2,1-2H3,(H,23,28)(H,24,26)(H2,29,30,31);1H3/t14-,17-;/m0./s1. The van der Waals surface area contributed by atoms with Crippen LogP contribution in [0.1, 0.15) is 25.0 Å².